The quantitative estimate of drug-likeness (QED) is 0.176. The SMILES string of the molecule is Cc1ccc2c(c1)c1cc(C)ccc1n2-c1cccc(-n2c3ccccc3c3cc(-c4ccc(-n5c6ccccc6c6ccccc65)cc4)ccc32)c1. The molecule has 0 spiro atoms. The lowest BCUT2D eigenvalue weighted by molar-refractivity contribution is 1.13. The highest BCUT2D eigenvalue weighted by Gasteiger charge is 2.17. The molecule has 3 heteroatoms. The third-order valence-corrected chi connectivity index (χ3v) is 11.1. The normalized spacial score (nSPS) is 12.0. The highest BCUT2D eigenvalue weighted by atomic mass is 15.0. The van der Waals surface area contributed by atoms with Crippen LogP contribution < -0.4 is 0 Å². The summed E-state index contributed by atoms with van der Waals surface area (Å²) in [5.74, 6) is 0. The van der Waals surface area contributed by atoms with E-state index in [2.05, 4.69) is 203 Å². The van der Waals surface area contributed by atoms with Gasteiger partial charge in [-0.1, -0.05) is 102 Å². The molecule has 0 radical (unpaired) electrons. The standard InChI is InChI=1S/C50H35N3/c1-32-18-25-48-42(28-32)43-29-33(2)19-26-49(43)53(48)38-11-9-10-37(31-38)52-47-17-8-5-14-41(47)44-30-35(22-27-50(44)52)34-20-23-36(24-21-34)51-45-15-6-3-12-39(45)40-13-4-7-16-46(40)51/h3-31H,1-2H3. The summed E-state index contributed by atoms with van der Waals surface area (Å²) < 4.78 is 7.22. The molecule has 0 N–H and O–H groups in total. The molecule has 0 aliphatic heterocycles. The maximum absolute atomic E-state index is 2.42. The van der Waals surface area contributed by atoms with Gasteiger partial charge in [0.2, 0.25) is 0 Å². The largest absolute Gasteiger partial charge is 0.309 e. The first-order chi connectivity index (χ1) is 26.1. The van der Waals surface area contributed by atoms with Crippen LogP contribution in [-0.2, 0) is 0 Å². The molecule has 0 atom stereocenters. The number of nitrogens with zero attached hydrogens (tertiary/aromatic N) is 3. The summed E-state index contributed by atoms with van der Waals surface area (Å²) in [6, 6.07) is 64.7. The van der Waals surface area contributed by atoms with Crippen molar-refractivity contribution < 1.29 is 0 Å². The summed E-state index contributed by atoms with van der Waals surface area (Å²) in [6.07, 6.45) is 0. The van der Waals surface area contributed by atoms with Gasteiger partial charge in [-0.15, -0.1) is 0 Å². The van der Waals surface area contributed by atoms with E-state index in [0.717, 1.165) is 17.1 Å². The summed E-state index contributed by atoms with van der Waals surface area (Å²) in [5.41, 5.74) is 15.7. The van der Waals surface area contributed by atoms with E-state index in [9.17, 15) is 0 Å². The van der Waals surface area contributed by atoms with E-state index < -0.39 is 0 Å². The molecular weight excluding hydrogens is 643 g/mol. The number of fused-ring (bicyclic) bond motifs is 9. The summed E-state index contributed by atoms with van der Waals surface area (Å²) in [4.78, 5) is 0. The van der Waals surface area contributed by atoms with Crippen LogP contribution in [0.5, 0.6) is 0 Å². The average molecular weight is 678 g/mol. The van der Waals surface area contributed by atoms with Gasteiger partial charge in [0.1, 0.15) is 0 Å². The van der Waals surface area contributed by atoms with Crippen molar-refractivity contribution in [2.75, 3.05) is 0 Å². The summed E-state index contributed by atoms with van der Waals surface area (Å²) in [5, 5.41) is 7.64. The molecule has 0 bridgehead atoms. The molecule has 0 saturated heterocycles. The second kappa shape index (κ2) is 11.3. The van der Waals surface area contributed by atoms with Crippen molar-refractivity contribution in [1.82, 2.24) is 13.7 Å². The Kier molecular flexibility index (Phi) is 6.38. The Morgan fingerprint density at radius 1 is 0.264 bits per heavy atom. The van der Waals surface area contributed by atoms with Crippen LogP contribution in [0.3, 0.4) is 0 Å². The number of rotatable bonds is 4. The lowest BCUT2D eigenvalue weighted by Gasteiger charge is -2.13. The molecule has 3 aromatic heterocycles. The Bertz CT molecular complexity index is 3130. The maximum atomic E-state index is 2.42. The molecule has 0 fully saturated rings. The fourth-order valence-corrected chi connectivity index (χ4v) is 8.73. The molecular formula is C50H35N3. The van der Waals surface area contributed by atoms with Gasteiger partial charge >= 0.3 is 0 Å². The molecule has 0 amide bonds. The highest BCUT2D eigenvalue weighted by molar-refractivity contribution is 6.12. The topological polar surface area (TPSA) is 14.8 Å². The van der Waals surface area contributed by atoms with Crippen LogP contribution in [-0.4, -0.2) is 13.7 Å². The highest BCUT2D eigenvalue weighted by Crippen LogP contribution is 2.38. The molecule has 3 nitrogen and oxygen atoms in total. The molecule has 11 rings (SSSR count). The van der Waals surface area contributed by atoms with E-state index in [1.54, 1.807) is 0 Å². The molecule has 3 heterocycles. The molecule has 0 saturated carbocycles. The second-order valence-corrected chi connectivity index (χ2v) is 14.4. The van der Waals surface area contributed by atoms with E-state index in [1.807, 2.05) is 0 Å². The van der Waals surface area contributed by atoms with Gasteiger partial charge in [-0.25, -0.2) is 0 Å². The van der Waals surface area contributed by atoms with Gasteiger partial charge in [-0.3, -0.25) is 0 Å². The van der Waals surface area contributed by atoms with Crippen molar-refractivity contribution in [3.63, 3.8) is 0 Å². The van der Waals surface area contributed by atoms with Crippen LogP contribution in [0.15, 0.2) is 176 Å². The van der Waals surface area contributed by atoms with Crippen LogP contribution in [0.25, 0.3) is 93.6 Å². The minimum Gasteiger partial charge on any atom is -0.309 e. The number of benzene rings is 8. The first kappa shape index (κ1) is 29.8. The summed E-state index contributed by atoms with van der Waals surface area (Å²) in [6.45, 7) is 4.35. The fraction of sp³-hybridized carbons (Fsp3) is 0.0400. The first-order valence-corrected chi connectivity index (χ1v) is 18.4. The van der Waals surface area contributed by atoms with Crippen LogP contribution in [0.4, 0.5) is 0 Å². The van der Waals surface area contributed by atoms with Crippen molar-refractivity contribution in [2.24, 2.45) is 0 Å². The third kappa shape index (κ3) is 4.47. The summed E-state index contributed by atoms with van der Waals surface area (Å²) >= 11 is 0. The average Bonchev–Trinajstić information content (AvgIpc) is 3.83. The zero-order valence-corrected chi connectivity index (χ0v) is 29.6. The van der Waals surface area contributed by atoms with Gasteiger partial charge in [0, 0.05) is 49.4 Å². The molecule has 11 aromatic rings. The Labute approximate surface area is 307 Å². The van der Waals surface area contributed by atoms with Crippen LogP contribution in [0.2, 0.25) is 0 Å². The minimum absolute atomic E-state index is 1.14. The first-order valence-electron chi connectivity index (χ1n) is 18.4. The van der Waals surface area contributed by atoms with Crippen LogP contribution in [0, 0.1) is 13.8 Å². The monoisotopic (exact) mass is 677 g/mol. The smallest absolute Gasteiger partial charge is 0.0541 e. The van der Waals surface area contributed by atoms with Gasteiger partial charge in [0.15, 0.2) is 0 Å². The Balaban J connectivity index is 1.04. The van der Waals surface area contributed by atoms with E-state index in [0.29, 0.717) is 0 Å². The Morgan fingerprint density at radius 2 is 0.660 bits per heavy atom. The second-order valence-electron chi connectivity index (χ2n) is 14.4. The Morgan fingerprint density at radius 3 is 1.19 bits per heavy atom. The number of aryl methyl sites for hydroxylation is 2. The van der Waals surface area contributed by atoms with Gasteiger partial charge in [-0.2, -0.15) is 0 Å². The van der Waals surface area contributed by atoms with E-state index in [4.69, 9.17) is 0 Å². The predicted octanol–water partition coefficient (Wildman–Crippen LogP) is 13.3. The lowest BCUT2D eigenvalue weighted by Crippen LogP contribution is -1.98. The predicted molar refractivity (Wildman–Crippen MR) is 224 cm³/mol. The number of aromatic nitrogens is 3. The van der Waals surface area contributed by atoms with Gasteiger partial charge < -0.3 is 13.7 Å². The number of hydrogen-bond acceptors (Lipinski definition) is 0. The van der Waals surface area contributed by atoms with Crippen LogP contribution in [0.1, 0.15) is 11.1 Å². The van der Waals surface area contributed by atoms with Crippen molar-refractivity contribution in [1.29, 1.82) is 0 Å². The number of para-hydroxylation sites is 3. The van der Waals surface area contributed by atoms with Gasteiger partial charge in [0.05, 0.1) is 33.1 Å². The fourth-order valence-electron chi connectivity index (χ4n) is 8.73. The lowest BCUT2D eigenvalue weighted by atomic mass is 10.0. The summed E-state index contributed by atoms with van der Waals surface area (Å²) in [7, 11) is 0. The molecule has 250 valence electrons. The molecule has 0 aliphatic rings. The maximum Gasteiger partial charge on any atom is 0.0541 e. The van der Waals surface area contributed by atoms with Gasteiger partial charge in [0.25, 0.3) is 0 Å². The van der Waals surface area contributed by atoms with Crippen molar-refractivity contribution in [3.8, 4) is 28.2 Å². The molecule has 0 unspecified atom stereocenters. The third-order valence-electron chi connectivity index (χ3n) is 11.1. The molecule has 0 aliphatic carbocycles. The minimum atomic E-state index is 1.14. The van der Waals surface area contributed by atoms with E-state index >= 15 is 0 Å². The molecule has 8 aromatic carbocycles. The van der Waals surface area contributed by atoms with E-state index in [1.165, 1.54) is 87.7 Å². The van der Waals surface area contributed by atoms with Crippen LogP contribution >= 0.6 is 0 Å². The zero-order valence-electron chi connectivity index (χ0n) is 29.6. The molecule has 53 heavy (non-hydrogen) atoms. The van der Waals surface area contributed by atoms with Crippen molar-refractivity contribution >= 4 is 65.4 Å². The number of hydrogen-bond donors (Lipinski definition) is 0. The van der Waals surface area contributed by atoms with Crippen molar-refractivity contribution in [3.05, 3.63) is 187 Å². The van der Waals surface area contributed by atoms with Gasteiger partial charge in [-0.05, 0) is 110 Å². The van der Waals surface area contributed by atoms with Crippen molar-refractivity contribution in [2.45, 2.75) is 13.8 Å². The van der Waals surface area contributed by atoms with E-state index in [-0.39, 0.29) is 0 Å². The Hall–Kier alpha value is -6.84. The zero-order chi connectivity index (χ0) is 35.2.